The van der Waals surface area contributed by atoms with Gasteiger partial charge in [-0.2, -0.15) is 10.2 Å². The smallest absolute Gasteiger partial charge is 0.150 e. The lowest BCUT2D eigenvalue weighted by molar-refractivity contribution is 0.626. The quantitative estimate of drug-likeness (QED) is 0.465. The second-order valence-corrected chi connectivity index (χ2v) is 8.27. The number of hydrogen-bond donors (Lipinski definition) is 2. The number of aromatic nitrogens is 3. The van der Waals surface area contributed by atoms with Crippen molar-refractivity contribution in [1.82, 2.24) is 15.0 Å². The van der Waals surface area contributed by atoms with Crippen molar-refractivity contribution < 1.29 is 4.39 Å². The summed E-state index contributed by atoms with van der Waals surface area (Å²) in [5.41, 5.74) is 2.73. The van der Waals surface area contributed by atoms with E-state index < -0.39 is 0 Å². The number of pyridine rings is 1. The minimum Gasteiger partial charge on any atom is -0.363 e. The van der Waals surface area contributed by atoms with E-state index in [1.165, 1.54) is 25.0 Å². The van der Waals surface area contributed by atoms with E-state index in [1.807, 2.05) is 19.1 Å². The molecule has 2 atom stereocenters. The highest BCUT2D eigenvalue weighted by atomic mass is 19.1. The Morgan fingerprint density at radius 2 is 1.88 bits per heavy atom. The number of benzene rings is 1. The molecule has 0 amide bonds. The third-order valence-electron chi connectivity index (χ3n) is 5.61. The van der Waals surface area contributed by atoms with Gasteiger partial charge in [0.25, 0.3) is 0 Å². The Morgan fingerprint density at radius 1 is 1.06 bits per heavy atom. The van der Waals surface area contributed by atoms with E-state index in [2.05, 4.69) is 36.9 Å². The number of hydrogen-bond acceptors (Lipinski definition) is 7. The minimum absolute atomic E-state index is 0.0653. The van der Waals surface area contributed by atoms with Gasteiger partial charge in [-0.1, -0.05) is 25.0 Å². The lowest BCUT2D eigenvalue weighted by atomic mass is 10.1. The summed E-state index contributed by atoms with van der Waals surface area (Å²) < 4.78 is 13.3. The van der Waals surface area contributed by atoms with Crippen molar-refractivity contribution in [2.45, 2.75) is 38.3 Å². The average molecular weight is 430 g/mol. The molecule has 162 valence electrons. The second-order valence-electron chi connectivity index (χ2n) is 8.27. The minimum atomic E-state index is -0.254. The highest BCUT2D eigenvalue weighted by molar-refractivity contribution is 5.72. The zero-order valence-electron chi connectivity index (χ0n) is 17.7. The fourth-order valence-electron chi connectivity index (χ4n) is 3.72. The SMILES string of the molecule is C[C@H](Nc1cc(C2=CC(CC3CC3)N=N2)cc(Nc2cnccn2)n1)c1ccc(F)cc1. The van der Waals surface area contributed by atoms with Gasteiger partial charge in [0.05, 0.1) is 17.9 Å². The molecular weight excluding hydrogens is 405 g/mol. The zero-order valence-corrected chi connectivity index (χ0v) is 17.7. The summed E-state index contributed by atoms with van der Waals surface area (Å²) in [6.45, 7) is 2.01. The molecule has 3 aromatic rings. The fraction of sp³-hybridized carbons (Fsp3) is 0.292. The molecule has 2 aromatic heterocycles. The number of azo groups is 1. The first kappa shape index (κ1) is 20.2. The molecular formula is C24H24FN7. The van der Waals surface area contributed by atoms with Crippen LogP contribution in [0.2, 0.25) is 0 Å². The van der Waals surface area contributed by atoms with Crippen molar-refractivity contribution in [3.8, 4) is 0 Å². The Labute approximate surface area is 185 Å². The standard InChI is InChI=1S/C24H24FN7/c1-15(17-4-6-19(25)7-5-17)28-22-11-18(21-13-20(31-32-21)10-16-2-3-16)12-23(29-22)30-24-14-26-8-9-27-24/h4-9,11-16,20H,2-3,10H2,1H3,(H2,27,28,29,30)/t15-,20?/m0/s1. The van der Waals surface area contributed by atoms with Crippen molar-refractivity contribution in [1.29, 1.82) is 0 Å². The third kappa shape index (κ3) is 4.96. The number of halogens is 1. The van der Waals surface area contributed by atoms with Gasteiger partial charge < -0.3 is 10.6 Å². The van der Waals surface area contributed by atoms with E-state index in [4.69, 9.17) is 4.98 Å². The van der Waals surface area contributed by atoms with Crippen LogP contribution >= 0.6 is 0 Å². The summed E-state index contributed by atoms with van der Waals surface area (Å²) in [6.07, 6.45) is 10.7. The van der Waals surface area contributed by atoms with Crippen LogP contribution in [0, 0.1) is 11.7 Å². The van der Waals surface area contributed by atoms with Crippen LogP contribution in [0.3, 0.4) is 0 Å². The Bertz CT molecular complexity index is 1140. The summed E-state index contributed by atoms with van der Waals surface area (Å²) in [5.74, 6) is 2.43. The number of anilines is 3. The molecule has 3 heterocycles. The molecule has 1 saturated carbocycles. The summed E-state index contributed by atoms with van der Waals surface area (Å²) in [5, 5.41) is 15.5. The van der Waals surface area contributed by atoms with Crippen LogP contribution in [0.1, 0.15) is 43.4 Å². The second kappa shape index (κ2) is 8.82. The van der Waals surface area contributed by atoms with Gasteiger partial charge in [-0.3, -0.25) is 4.98 Å². The molecule has 2 N–H and O–H groups in total. The van der Waals surface area contributed by atoms with E-state index in [1.54, 1.807) is 30.7 Å². The molecule has 8 heteroatoms. The van der Waals surface area contributed by atoms with E-state index in [9.17, 15) is 4.39 Å². The third-order valence-corrected chi connectivity index (χ3v) is 5.61. The van der Waals surface area contributed by atoms with Gasteiger partial charge in [-0.25, -0.2) is 14.4 Å². The Balaban J connectivity index is 1.42. The lowest BCUT2D eigenvalue weighted by Crippen LogP contribution is -2.09. The normalized spacial score (nSPS) is 18.3. The molecule has 1 aliphatic heterocycles. The van der Waals surface area contributed by atoms with Crippen molar-refractivity contribution in [3.05, 3.63) is 78.0 Å². The molecule has 1 unspecified atom stereocenters. The first-order valence-corrected chi connectivity index (χ1v) is 10.8. The maximum atomic E-state index is 13.3. The Hall–Kier alpha value is -3.68. The summed E-state index contributed by atoms with van der Waals surface area (Å²) in [7, 11) is 0. The average Bonchev–Trinajstić information content (AvgIpc) is 3.48. The number of nitrogens with one attached hydrogen (secondary N) is 2. The summed E-state index contributed by atoms with van der Waals surface area (Å²) >= 11 is 0. The molecule has 0 saturated heterocycles. The lowest BCUT2D eigenvalue weighted by Gasteiger charge is -2.17. The van der Waals surface area contributed by atoms with Crippen LogP contribution in [-0.4, -0.2) is 21.0 Å². The van der Waals surface area contributed by atoms with Gasteiger partial charge >= 0.3 is 0 Å². The van der Waals surface area contributed by atoms with Gasteiger partial charge in [0.15, 0.2) is 0 Å². The number of rotatable bonds is 8. The Morgan fingerprint density at radius 3 is 2.62 bits per heavy atom. The van der Waals surface area contributed by atoms with Gasteiger partial charge in [-0.05, 0) is 55.2 Å². The highest BCUT2D eigenvalue weighted by Crippen LogP contribution is 2.37. The first-order chi connectivity index (χ1) is 15.6. The van der Waals surface area contributed by atoms with E-state index in [-0.39, 0.29) is 17.9 Å². The molecule has 7 nitrogen and oxygen atoms in total. The maximum absolute atomic E-state index is 13.3. The van der Waals surface area contributed by atoms with Crippen molar-refractivity contribution in [3.63, 3.8) is 0 Å². The maximum Gasteiger partial charge on any atom is 0.150 e. The van der Waals surface area contributed by atoms with Gasteiger partial charge in [-0.15, -0.1) is 0 Å². The van der Waals surface area contributed by atoms with Crippen LogP contribution in [-0.2, 0) is 0 Å². The molecule has 0 spiro atoms. The number of nitrogens with zero attached hydrogens (tertiary/aromatic N) is 5. The van der Waals surface area contributed by atoms with Crippen LogP contribution in [0.15, 0.2) is 71.3 Å². The predicted octanol–water partition coefficient (Wildman–Crippen LogP) is 5.90. The molecule has 0 bridgehead atoms. The Kier molecular flexibility index (Phi) is 5.58. The van der Waals surface area contributed by atoms with E-state index >= 15 is 0 Å². The van der Waals surface area contributed by atoms with Crippen LogP contribution < -0.4 is 10.6 Å². The molecule has 1 fully saturated rings. The van der Waals surface area contributed by atoms with Crippen molar-refractivity contribution in [2.24, 2.45) is 16.1 Å². The van der Waals surface area contributed by atoms with Gasteiger partial charge in [0.2, 0.25) is 0 Å². The topological polar surface area (TPSA) is 87.5 Å². The highest BCUT2D eigenvalue weighted by Gasteiger charge is 2.27. The zero-order chi connectivity index (χ0) is 21.9. The fourth-order valence-corrected chi connectivity index (χ4v) is 3.72. The largest absolute Gasteiger partial charge is 0.363 e. The van der Waals surface area contributed by atoms with Crippen LogP contribution in [0.5, 0.6) is 0 Å². The van der Waals surface area contributed by atoms with Crippen molar-refractivity contribution in [2.75, 3.05) is 10.6 Å². The van der Waals surface area contributed by atoms with Crippen molar-refractivity contribution >= 4 is 23.2 Å². The van der Waals surface area contributed by atoms with E-state index in [0.717, 1.165) is 29.2 Å². The molecule has 32 heavy (non-hydrogen) atoms. The molecule has 5 rings (SSSR count). The van der Waals surface area contributed by atoms with E-state index in [0.29, 0.717) is 17.5 Å². The monoisotopic (exact) mass is 429 g/mol. The summed E-state index contributed by atoms with van der Waals surface area (Å²) in [4.78, 5) is 13.1. The molecule has 1 aromatic carbocycles. The molecule has 2 aliphatic rings. The van der Waals surface area contributed by atoms with Gasteiger partial charge in [0.1, 0.15) is 23.3 Å². The first-order valence-electron chi connectivity index (χ1n) is 10.8. The van der Waals surface area contributed by atoms with Gasteiger partial charge in [0, 0.05) is 24.0 Å². The summed E-state index contributed by atoms with van der Waals surface area (Å²) in [6, 6.07) is 10.4. The molecule has 0 radical (unpaired) electrons. The predicted molar refractivity (Wildman–Crippen MR) is 122 cm³/mol. The molecule has 1 aliphatic carbocycles. The van der Waals surface area contributed by atoms with Crippen LogP contribution in [0.4, 0.5) is 21.8 Å². The van der Waals surface area contributed by atoms with Crippen LogP contribution in [0.25, 0.3) is 5.70 Å².